The van der Waals surface area contributed by atoms with Crippen molar-refractivity contribution in [3.05, 3.63) is 65.2 Å². The SMILES string of the molecule is C[C@H](c1nc2ccccc2s1)[C@@H](NC(=O)OC(C)(C)C)c1ccccc1. The molecule has 0 unspecified atom stereocenters. The zero-order chi connectivity index (χ0) is 18.7. The Labute approximate surface area is 158 Å². The molecule has 4 nitrogen and oxygen atoms in total. The fourth-order valence-corrected chi connectivity index (χ4v) is 3.88. The Morgan fingerprint density at radius 1 is 1.08 bits per heavy atom. The maximum absolute atomic E-state index is 12.4. The highest BCUT2D eigenvalue weighted by Crippen LogP contribution is 2.35. The molecule has 0 radical (unpaired) electrons. The fraction of sp³-hybridized carbons (Fsp3) is 0.333. The van der Waals surface area contributed by atoms with Crippen molar-refractivity contribution in [2.24, 2.45) is 0 Å². The van der Waals surface area contributed by atoms with Crippen molar-refractivity contribution >= 4 is 27.6 Å². The summed E-state index contributed by atoms with van der Waals surface area (Å²) in [7, 11) is 0. The number of para-hydroxylation sites is 1. The standard InChI is InChI=1S/C21H24N2O2S/c1-14(19-22-16-12-8-9-13-17(16)26-19)18(15-10-6-5-7-11-15)23-20(24)25-21(2,3)4/h5-14,18H,1-4H3,(H,23,24)/t14-,18+/m0/s1. The van der Waals surface area contributed by atoms with Gasteiger partial charge in [0.2, 0.25) is 0 Å². The van der Waals surface area contributed by atoms with E-state index in [4.69, 9.17) is 9.72 Å². The Balaban J connectivity index is 1.90. The average Bonchev–Trinajstić information content (AvgIpc) is 3.02. The fourth-order valence-electron chi connectivity index (χ4n) is 2.82. The number of aromatic nitrogens is 1. The Bertz CT molecular complexity index is 851. The van der Waals surface area contributed by atoms with Gasteiger partial charge < -0.3 is 10.1 Å². The van der Waals surface area contributed by atoms with Crippen LogP contribution in [0.3, 0.4) is 0 Å². The maximum Gasteiger partial charge on any atom is 0.408 e. The normalized spacial score (nSPS) is 14.0. The summed E-state index contributed by atoms with van der Waals surface area (Å²) in [5.41, 5.74) is 1.48. The molecule has 136 valence electrons. The van der Waals surface area contributed by atoms with Crippen LogP contribution in [0.2, 0.25) is 0 Å². The molecule has 5 heteroatoms. The highest BCUT2D eigenvalue weighted by atomic mass is 32.1. The number of carbonyl (C=O) groups is 1. The number of ether oxygens (including phenoxy) is 1. The van der Waals surface area contributed by atoms with Gasteiger partial charge in [-0.2, -0.15) is 0 Å². The monoisotopic (exact) mass is 368 g/mol. The van der Waals surface area contributed by atoms with Crippen molar-refractivity contribution in [2.75, 3.05) is 0 Å². The molecule has 0 spiro atoms. The summed E-state index contributed by atoms with van der Waals surface area (Å²) < 4.78 is 6.62. The summed E-state index contributed by atoms with van der Waals surface area (Å²) in [5.74, 6) is 0.0160. The summed E-state index contributed by atoms with van der Waals surface area (Å²) in [4.78, 5) is 17.2. The first-order valence-electron chi connectivity index (χ1n) is 8.73. The van der Waals surface area contributed by atoms with Gasteiger partial charge in [-0.15, -0.1) is 11.3 Å². The minimum Gasteiger partial charge on any atom is -0.444 e. The average molecular weight is 369 g/mol. The van der Waals surface area contributed by atoms with E-state index in [9.17, 15) is 4.79 Å². The molecule has 2 aromatic carbocycles. The van der Waals surface area contributed by atoms with Gasteiger partial charge in [0.1, 0.15) is 5.60 Å². The first kappa shape index (κ1) is 18.4. The number of nitrogens with zero attached hydrogens (tertiary/aromatic N) is 1. The van der Waals surface area contributed by atoms with E-state index in [1.165, 1.54) is 0 Å². The van der Waals surface area contributed by atoms with Gasteiger partial charge in [-0.25, -0.2) is 9.78 Å². The molecule has 1 N–H and O–H groups in total. The van der Waals surface area contributed by atoms with E-state index in [1.54, 1.807) is 11.3 Å². The summed E-state index contributed by atoms with van der Waals surface area (Å²) in [5, 5.41) is 4.03. The largest absolute Gasteiger partial charge is 0.444 e. The Morgan fingerprint density at radius 2 is 1.73 bits per heavy atom. The van der Waals surface area contributed by atoms with Gasteiger partial charge in [0, 0.05) is 5.92 Å². The highest BCUT2D eigenvalue weighted by Gasteiger charge is 2.27. The van der Waals surface area contributed by atoms with Crippen molar-refractivity contribution in [3.8, 4) is 0 Å². The topological polar surface area (TPSA) is 51.2 Å². The number of alkyl carbamates (subject to hydrolysis) is 1. The van der Waals surface area contributed by atoms with E-state index in [-0.39, 0.29) is 12.0 Å². The molecule has 3 rings (SSSR count). The van der Waals surface area contributed by atoms with Crippen molar-refractivity contribution in [3.63, 3.8) is 0 Å². The smallest absolute Gasteiger partial charge is 0.408 e. The molecule has 0 aliphatic rings. The molecular formula is C21H24N2O2S. The van der Waals surface area contributed by atoms with Crippen molar-refractivity contribution < 1.29 is 9.53 Å². The van der Waals surface area contributed by atoms with Gasteiger partial charge in [0.25, 0.3) is 0 Å². The Hall–Kier alpha value is -2.40. The second-order valence-corrected chi connectivity index (χ2v) is 8.41. The summed E-state index contributed by atoms with van der Waals surface area (Å²) >= 11 is 1.67. The van der Waals surface area contributed by atoms with E-state index in [0.717, 1.165) is 20.8 Å². The lowest BCUT2D eigenvalue weighted by molar-refractivity contribution is 0.0497. The Kier molecular flexibility index (Phi) is 5.28. The van der Waals surface area contributed by atoms with Crippen LogP contribution in [0.5, 0.6) is 0 Å². The van der Waals surface area contributed by atoms with Crippen LogP contribution in [-0.2, 0) is 4.74 Å². The van der Waals surface area contributed by atoms with Crippen LogP contribution in [0.25, 0.3) is 10.2 Å². The van der Waals surface area contributed by atoms with Gasteiger partial charge >= 0.3 is 6.09 Å². The van der Waals surface area contributed by atoms with E-state index in [0.29, 0.717) is 0 Å². The van der Waals surface area contributed by atoms with Gasteiger partial charge in [-0.3, -0.25) is 0 Å². The number of amides is 1. The number of nitrogens with one attached hydrogen (secondary N) is 1. The van der Waals surface area contributed by atoms with E-state index in [2.05, 4.69) is 18.3 Å². The minimum absolute atomic E-state index is 0.0160. The molecule has 0 bridgehead atoms. The van der Waals surface area contributed by atoms with Crippen molar-refractivity contribution in [1.29, 1.82) is 0 Å². The van der Waals surface area contributed by atoms with Crippen LogP contribution in [0.15, 0.2) is 54.6 Å². The lowest BCUT2D eigenvalue weighted by atomic mass is 9.95. The van der Waals surface area contributed by atoms with Crippen LogP contribution in [0.4, 0.5) is 4.79 Å². The molecule has 2 atom stereocenters. The summed E-state index contributed by atoms with van der Waals surface area (Å²) in [6.07, 6.45) is -0.417. The number of hydrogen-bond acceptors (Lipinski definition) is 4. The molecule has 0 saturated carbocycles. The van der Waals surface area contributed by atoms with Gasteiger partial charge in [-0.05, 0) is 38.5 Å². The molecule has 3 aromatic rings. The molecule has 1 heterocycles. The third-order valence-electron chi connectivity index (χ3n) is 4.03. The first-order valence-corrected chi connectivity index (χ1v) is 9.55. The number of hydrogen-bond donors (Lipinski definition) is 1. The van der Waals surface area contributed by atoms with Gasteiger partial charge in [0.05, 0.1) is 21.3 Å². The number of fused-ring (bicyclic) bond motifs is 1. The predicted molar refractivity (Wildman–Crippen MR) is 107 cm³/mol. The first-order chi connectivity index (χ1) is 12.3. The Morgan fingerprint density at radius 3 is 2.38 bits per heavy atom. The number of rotatable bonds is 4. The van der Waals surface area contributed by atoms with Gasteiger partial charge in [0.15, 0.2) is 0 Å². The molecule has 26 heavy (non-hydrogen) atoms. The highest BCUT2D eigenvalue weighted by molar-refractivity contribution is 7.18. The predicted octanol–water partition coefficient (Wildman–Crippen LogP) is 5.67. The van der Waals surface area contributed by atoms with Crippen LogP contribution >= 0.6 is 11.3 Å². The lowest BCUT2D eigenvalue weighted by Gasteiger charge is -2.27. The zero-order valence-corrected chi connectivity index (χ0v) is 16.3. The zero-order valence-electron chi connectivity index (χ0n) is 15.5. The third kappa shape index (κ3) is 4.41. The van der Waals surface area contributed by atoms with Crippen LogP contribution in [-0.4, -0.2) is 16.7 Å². The molecule has 0 aliphatic heterocycles. The molecule has 1 aromatic heterocycles. The quantitative estimate of drug-likeness (QED) is 0.646. The van der Waals surface area contributed by atoms with Gasteiger partial charge in [-0.1, -0.05) is 49.4 Å². The van der Waals surface area contributed by atoms with Crippen molar-refractivity contribution in [2.45, 2.75) is 45.3 Å². The molecule has 1 amide bonds. The van der Waals surface area contributed by atoms with Crippen molar-refractivity contribution in [1.82, 2.24) is 10.3 Å². The van der Waals surface area contributed by atoms with E-state index >= 15 is 0 Å². The van der Waals surface area contributed by atoms with E-state index in [1.807, 2.05) is 69.3 Å². The second kappa shape index (κ2) is 7.46. The molecular weight excluding hydrogens is 344 g/mol. The molecule has 0 saturated heterocycles. The maximum atomic E-state index is 12.4. The second-order valence-electron chi connectivity index (χ2n) is 7.34. The number of benzene rings is 2. The van der Waals surface area contributed by atoms with Crippen LogP contribution in [0, 0.1) is 0 Å². The lowest BCUT2D eigenvalue weighted by Crippen LogP contribution is -2.36. The number of carbonyl (C=O) groups excluding carboxylic acids is 1. The summed E-state index contributed by atoms with van der Waals surface area (Å²) in [6, 6.07) is 17.8. The molecule has 0 fully saturated rings. The van der Waals surface area contributed by atoms with Crippen LogP contribution in [0.1, 0.15) is 50.2 Å². The third-order valence-corrected chi connectivity index (χ3v) is 5.27. The summed E-state index contributed by atoms with van der Waals surface area (Å²) in [6.45, 7) is 7.68. The minimum atomic E-state index is -0.537. The molecule has 0 aliphatic carbocycles. The number of thiazole rings is 1. The van der Waals surface area contributed by atoms with Crippen LogP contribution < -0.4 is 5.32 Å². The van der Waals surface area contributed by atoms with E-state index < -0.39 is 11.7 Å².